The molecule has 6 nitrogen and oxygen atoms in total. The molecule has 0 saturated heterocycles. The number of rotatable bonds is 3. The van der Waals surface area contributed by atoms with E-state index in [2.05, 4.69) is 36.4 Å². The number of fused-ring (bicyclic) bond motifs is 1. The van der Waals surface area contributed by atoms with Crippen LogP contribution >= 0.6 is 27.3 Å². The second-order valence-electron chi connectivity index (χ2n) is 8.05. The molecule has 2 N–H and O–H groups in total. The van der Waals surface area contributed by atoms with Gasteiger partial charge in [-0.25, -0.2) is 10.1 Å². The molecule has 144 valence electrons. The number of thiazole rings is 1. The highest BCUT2D eigenvalue weighted by Gasteiger charge is 2.54. The Kier molecular flexibility index (Phi) is 4.17. The molecule has 28 heavy (non-hydrogen) atoms. The molecule has 5 rings (SSSR count). The standard InChI is InChI=1S/C20H19BrN4O2S/c1-10-16(28-19(21)22-10)18(27)23-12-8-20(9-12)6-11(7-20)15-13-4-2-3-5-14(13)17(26)25-24-15/h2-5,11-12H,6-9H2,1H3,(H,23,27)(H,25,26)/t11-,12-,20?. The number of halogens is 1. The third-order valence-corrected chi connectivity index (χ3v) is 7.75. The first kappa shape index (κ1) is 18.0. The maximum Gasteiger partial charge on any atom is 0.272 e. The summed E-state index contributed by atoms with van der Waals surface area (Å²) in [4.78, 5) is 29.4. The van der Waals surface area contributed by atoms with Crippen LogP contribution in [0.5, 0.6) is 0 Å². The Hall–Kier alpha value is -2.06. The molecule has 1 amide bonds. The minimum atomic E-state index is -0.134. The first-order valence-corrected chi connectivity index (χ1v) is 11.0. The number of hydrogen-bond acceptors (Lipinski definition) is 5. The molecule has 1 aromatic carbocycles. The third kappa shape index (κ3) is 2.90. The maximum absolute atomic E-state index is 12.5. The topological polar surface area (TPSA) is 87.7 Å². The van der Waals surface area contributed by atoms with E-state index in [0.717, 1.165) is 46.4 Å². The number of nitrogens with zero attached hydrogens (tertiary/aromatic N) is 2. The molecule has 2 aliphatic carbocycles. The van der Waals surface area contributed by atoms with Gasteiger partial charge >= 0.3 is 0 Å². The van der Waals surface area contributed by atoms with E-state index in [-0.39, 0.29) is 17.5 Å². The van der Waals surface area contributed by atoms with Crippen molar-refractivity contribution in [1.82, 2.24) is 20.5 Å². The smallest absolute Gasteiger partial charge is 0.272 e. The highest BCUT2D eigenvalue weighted by molar-refractivity contribution is 9.11. The number of nitrogens with one attached hydrogen (secondary N) is 2. The number of aryl methyl sites for hydroxylation is 1. The van der Waals surface area contributed by atoms with Crippen molar-refractivity contribution >= 4 is 43.9 Å². The van der Waals surface area contributed by atoms with Gasteiger partial charge in [-0.05, 0) is 60.0 Å². The minimum Gasteiger partial charge on any atom is -0.349 e. The van der Waals surface area contributed by atoms with Crippen LogP contribution in [0.2, 0.25) is 0 Å². The molecule has 0 aliphatic heterocycles. The lowest BCUT2D eigenvalue weighted by atomic mass is 9.49. The van der Waals surface area contributed by atoms with Crippen molar-refractivity contribution in [3.05, 3.63) is 54.8 Å². The van der Waals surface area contributed by atoms with E-state index < -0.39 is 0 Å². The molecule has 0 bridgehead atoms. The Labute approximate surface area is 173 Å². The van der Waals surface area contributed by atoms with Gasteiger partial charge in [0.05, 0.1) is 16.8 Å². The zero-order valence-corrected chi connectivity index (χ0v) is 17.7. The van der Waals surface area contributed by atoms with Crippen LogP contribution in [0.1, 0.15) is 52.7 Å². The summed E-state index contributed by atoms with van der Waals surface area (Å²) in [6.45, 7) is 1.86. The van der Waals surface area contributed by atoms with Gasteiger partial charge in [0.1, 0.15) is 4.88 Å². The number of amides is 1. The fourth-order valence-corrected chi connectivity index (χ4v) is 6.32. The second-order valence-corrected chi connectivity index (χ2v) is 10.3. The van der Waals surface area contributed by atoms with E-state index in [0.29, 0.717) is 21.6 Å². The van der Waals surface area contributed by atoms with Gasteiger partial charge in [0.15, 0.2) is 3.92 Å². The fraction of sp³-hybridized carbons (Fsp3) is 0.400. The molecule has 1 spiro atoms. The molecule has 2 fully saturated rings. The summed E-state index contributed by atoms with van der Waals surface area (Å²) >= 11 is 4.71. The van der Waals surface area contributed by atoms with Gasteiger partial charge in [-0.3, -0.25) is 9.59 Å². The average molecular weight is 459 g/mol. The predicted molar refractivity (Wildman–Crippen MR) is 112 cm³/mol. The lowest BCUT2D eigenvalue weighted by molar-refractivity contribution is -0.0196. The van der Waals surface area contributed by atoms with E-state index >= 15 is 0 Å². The summed E-state index contributed by atoms with van der Waals surface area (Å²) in [6.07, 6.45) is 4.15. The maximum atomic E-state index is 12.5. The summed E-state index contributed by atoms with van der Waals surface area (Å²) in [5, 5.41) is 11.8. The molecule has 0 radical (unpaired) electrons. The Bertz CT molecular complexity index is 1140. The van der Waals surface area contributed by atoms with Gasteiger partial charge in [0, 0.05) is 17.3 Å². The van der Waals surface area contributed by atoms with Crippen molar-refractivity contribution < 1.29 is 4.79 Å². The van der Waals surface area contributed by atoms with Gasteiger partial charge in [-0.1, -0.05) is 18.2 Å². The van der Waals surface area contributed by atoms with Crippen molar-refractivity contribution in [2.24, 2.45) is 5.41 Å². The van der Waals surface area contributed by atoms with Crippen molar-refractivity contribution in [2.45, 2.75) is 44.6 Å². The Morgan fingerprint density at radius 2 is 1.96 bits per heavy atom. The van der Waals surface area contributed by atoms with Crippen LogP contribution in [-0.4, -0.2) is 27.1 Å². The van der Waals surface area contributed by atoms with Crippen LogP contribution < -0.4 is 10.9 Å². The summed E-state index contributed by atoms with van der Waals surface area (Å²) in [5.41, 5.74) is 1.94. The highest BCUT2D eigenvalue weighted by Crippen LogP contribution is 2.62. The highest BCUT2D eigenvalue weighted by atomic mass is 79.9. The Morgan fingerprint density at radius 1 is 1.25 bits per heavy atom. The van der Waals surface area contributed by atoms with Crippen LogP contribution in [0.25, 0.3) is 10.8 Å². The molecular formula is C20H19BrN4O2S. The lowest BCUT2D eigenvalue weighted by Crippen LogP contribution is -2.55. The van der Waals surface area contributed by atoms with E-state index in [1.54, 1.807) is 0 Å². The molecule has 2 saturated carbocycles. The third-order valence-electron chi connectivity index (χ3n) is 6.14. The van der Waals surface area contributed by atoms with Crippen LogP contribution in [0.4, 0.5) is 0 Å². The molecule has 2 aliphatic rings. The second kappa shape index (κ2) is 6.49. The molecule has 0 atom stereocenters. The van der Waals surface area contributed by atoms with Gasteiger partial charge in [0.2, 0.25) is 0 Å². The summed E-state index contributed by atoms with van der Waals surface area (Å²) < 4.78 is 0.739. The number of benzene rings is 1. The zero-order valence-electron chi connectivity index (χ0n) is 15.3. The summed E-state index contributed by atoms with van der Waals surface area (Å²) in [5.74, 6) is 0.350. The number of carbonyl (C=O) groups is 1. The van der Waals surface area contributed by atoms with Gasteiger partial charge in [0.25, 0.3) is 11.5 Å². The first-order valence-electron chi connectivity index (χ1n) is 9.35. The number of hydrogen-bond donors (Lipinski definition) is 2. The lowest BCUT2D eigenvalue weighted by Gasteiger charge is -2.57. The molecule has 3 aromatic rings. The van der Waals surface area contributed by atoms with Crippen molar-refractivity contribution in [1.29, 1.82) is 0 Å². The predicted octanol–water partition coefficient (Wildman–Crippen LogP) is 3.91. The quantitative estimate of drug-likeness (QED) is 0.622. The van der Waals surface area contributed by atoms with Crippen LogP contribution in [0, 0.1) is 12.3 Å². The van der Waals surface area contributed by atoms with Gasteiger partial charge < -0.3 is 5.32 Å². The number of aromatic nitrogens is 3. The number of carbonyl (C=O) groups excluding carboxylic acids is 1. The van der Waals surface area contributed by atoms with Gasteiger partial charge in [-0.2, -0.15) is 5.10 Å². The fourth-order valence-electron chi connectivity index (χ4n) is 4.87. The molecule has 0 unspecified atom stereocenters. The normalized spacial score (nSPS) is 26.1. The number of aromatic amines is 1. The average Bonchev–Trinajstić information content (AvgIpc) is 2.95. The molecule has 2 aromatic heterocycles. The van der Waals surface area contributed by atoms with Crippen LogP contribution in [0.3, 0.4) is 0 Å². The number of H-pyrrole nitrogens is 1. The summed E-state index contributed by atoms with van der Waals surface area (Å²) in [6, 6.07) is 7.90. The van der Waals surface area contributed by atoms with Crippen molar-refractivity contribution in [3.63, 3.8) is 0 Å². The van der Waals surface area contributed by atoms with Crippen molar-refractivity contribution in [2.75, 3.05) is 0 Å². The largest absolute Gasteiger partial charge is 0.349 e. The van der Waals surface area contributed by atoms with Crippen molar-refractivity contribution in [3.8, 4) is 0 Å². The SMILES string of the molecule is Cc1nc(Br)sc1C(=O)N[C@H]1CC2(C1)C[C@H](c1n[nH]c(=O)c3ccccc31)C2. The molecule has 8 heteroatoms. The molecule has 2 heterocycles. The monoisotopic (exact) mass is 458 g/mol. The van der Waals surface area contributed by atoms with Crippen LogP contribution in [-0.2, 0) is 0 Å². The van der Waals surface area contributed by atoms with E-state index in [4.69, 9.17) is 0 Å². The minimum absolute atomic E-state index is 0.0234. The van der Waals surface area contributed by atoms with Crippen LogP contribution in [0.15, 0.2) is 33.0 Å². The molecular weight excluding hydrogens is 440 g/mol. The van der Waals surface area contributed by atoms with E-state index in [9.17, 15) is 9.59 Å². The summed E-state index contributed by atoms with van der Waals surface area (Å²) in [7, 11) is 0. The zero-order chi connectivity index (χ0) is 19.5. The van der Waals surface area contributed by atoms with E-state index in [1.165, 1.54) is 11.3 Å². The Morgan fingerprint density at radius 3 is 2.64 bits per heavy atom. The van der Waals surface area contributed by atoms with Gasteiger partial charge in [-0.15, -0.1) is 11.3 Å². The van der Waals surface area contributed by atoms with E-state index in [1.807, 2.05) is 31.2 Å². The first-order chi connectivity index (χ1) is 13.4. The Balaban J connectivity index is 1.23.